The molecule has 0 amide bonds. The molecule has 6 heteroatoms. The van der Waals surface area contributed by atoms with Gasteiger partial charge in [-0.05, 0) is 144 Å². The largest absolute Gasteiger partial charge is 0.426 e. The zero-order valence-electron chi connectivity index (χ0n) is 39.6. The molecule has 0 aliphatic carbocycles. The molecule has 350 valence electrons. The first-order valence-corrected chi connectivity index (χ1v) is 25.7. The minimum absolute atomic E-state index is 0.324. The third-order valence-corrected chi connectivity index (χ3v) is 13.6. The molecule has 2 atom stereocenters. The molecule has 72 heavy (non-hydrogen) atoms. The van der Waals surface area contributed by atoms with Crippen LogP contribution in [0, 0.1) is 0 Å². The van der Waals surface area contributed by atoms with E-state index < -0.39 is 0 Å². The molecule has 4 nitrogen and oxygen atoms in total. The van der Waals surface area contributed by atoms with E-state index in [1.54, 1.807) is 13.8 Å². The monoisotopic (exact) mass is 1060 g/mol. The number of carbonyl (C=O) groups excluding carboxylic acids is 2. The lowest BCUT2D eigenvalue weighted by Gasteiger charge is -2.24. The number of alkyl halides is 2. The minimum Gasteiger partial charge on any atom is -0.426 e. The van der Waals surface area contributed by atoms with Crippen molar-refractivity contribution >= 4 is 43.8 Å². The highest BCUT2D eigenvalue weighted by molar-refractivity contribution is 9.10. The van der Waals surface area contributed by atoms with Crippen LogP contribution >= 0.6 is 31.9 Å². The highest BCUT2D eigenvalue weighted by atomic mass is 79.9. The van der Waals surface area contributed by atoms with Crippen molar-refractivity contribution in [3.63, 3.8) is 0 Å². The van der Waals surface area contributed by atoms with E-state index in [-0.39, 0.29) is 21.6 Å². The van der Waals surface area contributed by atoms with Crippen LogP contribution in [0.3, 0.4) is 0 Å². The topological polar surface area (TPSA) is 52.6 Å². The molecule has 10 rings (SSSR count). The molecule has 0 radical (unpaired) electrons. The molecule has 0 N–H and O–H groups in total. The lowest BCUT2D eigenvalue weighted by Crippen LogP contribution is -2.16. The molecule has 10 aromatic carbocycles. The van der Waals surface area contributed by atoms with Gasteiger partial charge in [-0.25, -0.2) is 0 Å². The fourth-order valence-electron chi connectivity index (χ4n) is 9.06. The Hall–Kier alpha value is -7.90. The normalized spacial score (nSPS) is 11.9. The van der Waals surface area contributed by atoms with Crippen molar-refractivity contribution in [3.8, 4) is 112 Å². The quantitative estimate of drug-likeness (QED) is 0.0656. The second-order valence-corrected chi connectivity index (χ2v) is 20.4. The van der Waals surface area contributed by atoms with Gasteiger partial charge in [-0.2, -0.15) is 0 Å². The summed E-state index contributed by atoms with van der Waals surface area (Å²) in [5.74, 6) is 0.389. The second-order valence-electron chi connectivity index (χ2n) is 17.6. The molecule has 0 heterocycles. The van der Waals surface area contributed by atoms with Crippen LogP contribution in [0.4, 0.5) is 0 Å². The van der Waals surface area contributed by atoms with Crippen molar-refractivity contribution in [2.45, 2.75) is 23.5 Å². The summed E-state index contributed by atoms with van der Waals surface area (Å²) < 4.78 is 10.9. The molecule has 0 saturated heterocycles. The van der Waals surface area contributed by atoms with Gasteiger partial charge in [0.1, 0.15) is 21.2 Å². The van der Waals surface area contributed by atoms with Crippen molar-refractivity contribution in [1.29, 1.82) is 0 Å². The summed E-state index contributed by atoms with van der Waals surface area (Å²) in [7, 11) is 0. The summed E-state index contributed by atoms with van der Waals surface area (Å²) in [6, 6.07) is 85.0. The smallest absolute Gasteiger partial charge is 0.324 e. The van der Waals surface area contributed by atoms with Crippen LogP contribution in [0.1, 0.15) is 13.8 Å². The van der Waals surface area contributed by atoms with Crippen molar-refractivity contribution in [2.75, 3.05) is 0 Å². The Morgan fingerprint density at radius 3 is 0.819 bits per heavy atom. The van der Waals surface area contributed by atoms with Gasteiger partial charge < -0.3 is 9.47 Å². The Bertz CT molecular complexity index is 3460. The van der Waals surface area contributed by atoms with Crippen molar-refractivity contribution < 1.29 is 19.1 Å². The number of halogens is 2. The van der Waals surface area contributed by atoms with E-state index >= 15 is 0 Å². The van der Waals surface area contributed by atoms with Gasteiger partial charge in [0.25, 0.3) is 0 Å². The predicted octanol–water partition coefficient (Wildman–Crippen LogP) is 18.1. The number of hydrogen-bond acceptors (Lipinski definition) is 4. The average molecular weight is 1060 g/mol. The summed E-state index contributed by atoms with van der Waals surface area (Å²) in [4.78, 5) is 23.4. The molecular weight excluding hydrogens is 1020 g/mol. The van der Waals surface area contributed by atoms with Crippen LogP contribution in [0.5, 0.6) is 11.5 Å². The van der Waals surface area contributed by atoms with Gasteiger partial charge in [0.05, 0.1) is 0 Å². The zero-order chi connectivity index (χ0) is 49.6. The van der Waals surface area contributed by atoms with Gasteiger partial charge >= 0.3 is 11.9 Å². The SMILES string of the molecule is CC(Br)C(=O)Oc1ccc(-c2ccc(-c3ccc(-c4cc(-c5ccccc5)c(-c5ccc(-c6ccc(-c7ccc(OC(=O)C(C)Br)cc7)cc6)cc5)c(-c5ccccc5)c4-c4ccccc4)cc3)cc2)cc1. The van der Waals surface area contributed by atoms with Crippen molar-refractivity contribution in [2.24, 2.45) is 0 Å². The second kappa shape index (κ2) is 21.6. The molecule has 2 unspecified atom stereocenters. The molecule has 0 aliphatic heterocycles. The predicted molar refractivity (Wildman–Crippen MR) is 303 cm³/mol. The number of hydrogen-bond donors (Lipinski definition) is 0. The highest BCUT2D eigenvalue weighted by Gasteiger charge is 2.24. The number of benzene rings is 10. The Morgan fingerprint density at radius 1 is 0.292 bits per heavy atom. The van der Waals surface area contributed by atoms with Gasteiger partial charge in [-0.3, -0.25) is 9.59 Å². The van der Waals surface area contributed by atoms with Crippen LogP contribution < -0.4 is 9.47 Å². The molecule has 0 saturated carbocycles. The molecule has 0 aliphatic rings. The maximum Gasteiger partial charge on any atom is 0.324 e. The van der Waals surface area contributed by atoms with Crippen LogP contribution in [0.2, 0.25) is 0 Å². The Balaban J connectivity index is 1.02. The standard InChI is InChI=1S/C66H48Br2O4/c1-43(67)65(69)71-58-38-34-51(35-39-58)47-22-18-45(19-23-47)49-26-30-54(31-27-49)61-42-60(53-12-6-3-7-13-53)63(64(56-16-10-5-11-17-56)62(61)55-14-8-4-9-15-55)57-32-28-50(29-33-57)46-20-24-48(25-21-46)52-36-40-59(41-37-52)72-66(70)44(2)68/h3-44H,1-2H3. The van der Waals surface area contributed by atoms with Gasteiger partial charge in [0.2, 0.25) is 0 Å². The van der Waals surface area contributed by atoms with Gasteiger partial charge in [-0.1, -0.05) is 244 Å². The van der Waals surface area contributed by atoms with E-state index in [2.05, 4.69) is 226 Å². The van der Waals surface area contributed by atoms with Gasteiger partial charge in [-0.15, -0.1) is 0 Å². The van der Waals surface area contributed by atoms with E-state index in [0.717, 1.165) is 89.0 Å². The maximum absolute atomic E-state index is 12.1. The van der Waals surface area contributed by atoms with E-state index in [1.807, 2.05) is 48.5 Å². The third kappa shape index (κ3) is 10.6. The third-order valence-electron chi connectivity index (χ3n) is 12.8. The first-order chi connectivity index (χ1) is 35.2. The first kappa shape index (κ1) is 47.8. The summed E-state index contributed by atoms with van der Waals surface area (Å²) >= 11 is 6.55. The Kier molecular flexibility index (Phi) is 14.3. The summed E-state index contributed by atoms with van der Waals surface area (Å²) in [5, 5.41) is 0. The lowest BCUT2D eigenvalue weighted by atomic mass is 9.78. The van der Waals surface area contributed by atoms with Crippen LogP contribution in [0.15, 0.2) is 243 Å². The molecule has 0 aromatic heterocycles. The molecule has 0 spiro atoms. The van der Waals surface area contributed by atoms with E-state index in [4.69, 9.17) is 9.47 Å². The van der Waals surface area contributed by atoms with Gasteiger partial charge in [0, 0.05) is 0 Å². The van der Waals surface area contributed by atoms with Crippen molar-refractivity contribution in [1.82, 2.24) is 0 Å². The number of ether oxygens (including phenoxy) is 2. The van der Waals surface area contributed by atoms with Crippen LogP contribution in [-0.2, 0) is 9.59 Å². The maximum atomic E-state index is 12.1. The highest BCUT2D eigenvalue weighted by Crippen LogP contribution is 2.50. The fourth-order valence-corrected chi connectivity index (χ4v) is 9.25. The zero-order valence-corrected chi connectivity index (χ0v) is 42.8. The fraction of sp³-hybridized carbons (Fsp3) is 0.0606. The summed E-state index contributed by atoms with van der Waals surface area (Å²) in [6.45, 7) is 3.50. The van der Waals surface area contributed by atoms with Crippen molar-refractivity contribution in [3.05, 3.63) is 243 Å². The summed E-state index contributed by atoms with van der Waals surface area (Å²) in [5.41, 5.74) is 20.1. The summed E-state index contributed by atoms with van der Waals surface area (Å²) in [6.07, 6.45) is 0. The Morgan fingerprint density at radius 2 is 0.514 bits per heavy atom. The molecular formula is C66H48Br2O4. The molecule has 0 bridgehead atoms. The first-order valence-electron chi connectivity index (χ1n) is 23.9. The van der Waals surface area contributed by atoms with E-state index in [9.17, 15) is 9.59 Å². The minimum atomic E-state index is -0.376. The van der Waals surface area contributed by atoms with Gasteiger partial charge in [0.15, 0.2) is 0 Å². The molecule has 0 fully saturated rings. The number of esters is 2. The van der Waals surface area contributed by atoms with Crippen LogP contribution in [-0.4, -0.2) is 21.6 Å². The average Bonchev–Trinajstić information content (AvgIpc) is 3.44. The van der Waals surface area contributed by atoms with E-state index in [1.165, 1.54) is 11.1 Å². The van der Waals surface area contributed by atoms with E-state index in [0.29, 0.717) is 11.5 Å². The number of rotatable bonds is 13. The number of carbonyl (C=O) groups is 2. The molecule has 10 aromatic rings. The Labute approximate surface area is 437 Å². The lowest BCUT2D eigenvalue weighted by molar-refractivity contribution is -0.134. The van der Waals surface area contributed by atoms with Crippen LogP contribution in [0.25, 0.3) is 100 Å².